The zero-order chi connectivity index (χ0) is 11.2. The van der Waals surface area contributed by atoms with Gasteiger partial charge in [-0.05, 0) is 13.0 Å². The van der Waals surface area contributed by atoms with Crippen LogP contribution in [-0.2, 0) is 10.2 Å². The zero-order valence-electron chi connectivity index (χ0n) is 9.90. The van der Waals surface area contributed by atoms with Crippen LogP contribution in [0.2, 0.25) is 0 Å². The van der Waals surface area contributed by atoms with Gasteiger partial charge in [0, 0.05) is 24.3 Å². The summed E-state index contributed by atoms with van der Waals surface area (Å²) in [5.41, 5.74) is 1.35. The largest absolute Gasteiger partial charge is 0.312 e. The minimum absolute atomic E-state index is 0. The molecule has 1 aromatic rings. The first-order valence-corrected chi connectivity index (χ1v) is 5.40. The lowest BCUT2D eigenvalue weighted by Gasteiger charge is -2.26. The van der Waals surface area contributed by atoms with Crippen LogP contribution in [0.25, 0.3) is 0 Å². The lowest BCUT2D eigenvalue weighted by molar-refractivity contribution is -0.119. The van der Waals surface area contributed by atoms with E-state index in [2.05, 4.69) is 15.6 Å². The van der Waals surface area contributed by atoms with E-state index in [9.17, 15) is 4.79 Å². The fourth-order valence-corrected chi connectivity index (χ4v) is 2.37. The maximum atomic E-state index is 12.1. The number of aromatic nitrogens is 1. The van der Waals surface area contributed by atoms with Crippen molar-refractivity contribution in [3.8, 4) is 0 Å². The number of fused-ring (bicyclic) bond motifs is 2. The van der Waals surface area contributed by atoms with Gasteiger partial charge in [0.25, 0.3) is 0 Å². The Balaban J connectivity index is 0.000000810. The molecule has 3 heterocycles. The Hall–Kier alpha value is -1.10. The highest BCUT2D eigenvalue weighted by molar-refractivity contribution is 6.07. The Labute approximate surface area is 118 Å². The van der Waals surface area contributed by atoms with Crippen molar-refractivity contribution in [1.82, 2.24) is 10.3 Å². The summed E-state index contributed by atoms with van der Waals surface area (Å²) >= 11 is 0. The number of hydrogen-bond acceptors (Lipinski definition) is 3. The van der Waals surface area contributed by atoms with Crippen LogP contribution in [-0.4, -0.2) is 24.0 Å². The van der Waals surface area contributed by atoms with Crippen molar-refractivity contribution in [1.29, 1.82) is 0 Å². The van der Waals surface area contributed by atoms with Gasteiger partial charge in [-0.15, -0.1) is 24.8 Å². The number of hydrogen-bond donors (Lipinski definition) is 2. The highest BCUT2D eigenvalue weighted by atomic mass is 35.5. The summed E-state index contributed by atoms with van der Waals surface area (Å²) in [6, 6.07) is 3.94. The van der Waals surface area contributed by atoms with E-state index in [1.807, 2.05) is 31.2 Å². The highest BCUT2D eigenvalue weighted by Gasteiger charge is 2.46. The second-order valence-electron chi connectivity index (χ2n) is 4.31. The molecule has 0 fully saturated rings. The van der Waals surface area contributed by atoms with Crippen LogP contribution in [0.3, 0.4) is 0 Å². The van der Waals surface area contributed by atoms with E-state index in [0.717, 1.165) is 17.8 Å². The Morgan fingerprint density at radius 3 is 2.78 bits per heavy atom. The van der Waals surface area contributed by atoms with E-state index >= 15 is 0 Å². The SMILES string of the molecule is Cc1ccc2c(n1)NC(=O)[C@@]21C=CCNC1.Cl.Cl. The molecule has 98 valence electrons. The number of halogens is 2. The average molecular weight is 288 g/mol. The molecule has 1 spiro atoms. The van der Waals surface area contributed by atoms with Crippen LogP contribution in [0.15, 0.2) is 24.3 Å². The maximum absolute atomic E-state index is 12.1. The molecule has 0 saturated heterocycles. The molecule has 4 nitrogen and oxygen atoms in total. The molecule has 0 bridgehead atoms. The van der Waals surface area contributed by atoms with Crippen molar-refractivity contribution >= 4 is 36.5 Å². The molecule has 1 aromatic heterocycles. The van der Waals surface area contributed by atoms with Gasteiger partial charge in [0.05, 0.1) is 0 Å². The predicted molar refractivity (Wildman–Crippen MR) is 75.8 cm³/mol. The molecule has 0 aliphatic carbocycles. The van der Waals surface area contributed by atoms with Crippen molar-refractivity contribution in [3.63, 3.8) is 0 Å². The van der Waals surface area contributed by atoms with Gasteiger partial charge in [0.1, 0.15) is 11.2 Å². The Bertz CT molecular complexity index is 504. The minimum atomic E-state index is -0.547. The molecule has 6 heteroatoms. The van der Waals surface area contributed by atoms with Crippen LogP contribution < -0.4 is 10.6 Å². The van der Waals surface area contributed by atoms with Crippen molar-refractivity contribution < 1.29 is 4.79 Å². The molecule has 18 heavy (non-hydrogen) atoms. The first kappa shape index (κ1) is 15.0. The van der Waals surface area contributed by atoms with E-state index in [4.69, 9.17) is 0 Å². The van der Waals surface area contributed by atoms with Crippen molar-refractivity contribution in [2.45, 2.75) is 12.3 Å². The van der Waals surface area contributed by atoms with Crippen LogP contribution in [0, 0.1) is 6.92 Å². The first-order valence-electron chi connectivity index (χ1n) is 5.40. The van der Waals surface area contributed by atoms with Gasteiger partial charge in [-0.25, -0.2) is 4.98 Å². The standard InChI is InChI=1S/C12H13N3O.2ClH/c1-8-3-4-9-10(14-8)15-11(16)12(9)5-2-6-13-7-12;;/h2-5,13H,6-7H2,1H3,(H,14,15,16);2*1H/t12-;;/m1../s1. The third-order valence-corrected chi connectivity index (χ3v) is 3.22. The van der Waals surface area contributed by atoms with Crippen molar-refractivity contribution in [2.24, 2.45) is 0 Å². The van der Waals surface area contributed by atoms with E-state index in [1.54, 1.807) is 0 Å². The van der Waals surface area contributed by atoms with Gasteiger partial charge < -0.3 is 10.6 Å². The van der Waals surface area contributed by atoms with Crippen LogP contribution in [0.4, 0.5) is 5.82 Å². The van der Waals surface area contributed by atoms with E-state index in [-0.39, 0.29) is 30.7 Å². The summed E-state index contributed by atoms with van der Waals surface area (Å²) in [5.74, 6) is 0.724. The van der Waals surface area contributed by atoms with Gasteiger partial charge in [-0.2, -0.15) is 0 Å². The monoisotopic (exact) mass is 287 g/mol. The molecule has 1 amide bonds. The maximum Gasteiger partial charge on any atom is 0.241 e. The summed E-state index contributed by atoms with van der Waals surface area (Å²) in [6.45, 7) is 3.39. The normalized spacial score (nSPS) is 23.9. The van der Waals surface area contributed by atoms with Crippen molar-refractivity contribution in [3.05, 3.63) is 35.5 Å². The molecule has 2 N–H and O–H groups in total. The van der Waals surface area contributed by atoms with Gasteiger partial charge in [-0.1, -0.05) is 18.2 Å². The fourth-order valence-electron chi connectivity index (χ4n) is 2.37. The number of aryl methyl sites for hydroxylation is 1. The third-order valence-electron chi connectivity index (χ3n) is 3.22. The second kappa shape index (κ2) is 5.26. The Morgan fingerprint density at radius 2 is 2.11 bits per heavy atom. The minimum Gasteiger partial charge on any atom is -0.312 e. The fraction of sp³-hybridized carbons (Fsp3) is 0.333. The molecule has 3 rings (SSSR count). The molecule has 1 atom stereocenters. The van der Waals surface area contributed by atoms with Gasteiger partial charge in [0.15, 0.2) is 0 Å². The van der Waals surface area contributed by atoms with E-state index < -0.39 is 5.41 Å². The topological polar surface area (TPSA) is 54.0 Å². The van der Waals surface area contributed by atoms with E-state index in [0.29, 0.717) is 12.4 Å². The van der Waals surface area contributed by atoms with Crippen LogP contribution in [0.1, 0.15) is 11.3 Å². The summed E-state index contributed by atoms with van der Waals surface area (Å²) in [6.07, 6.45) is 3.99. The molecule has 0 saturated carbocycles. The number of carbonyl (C=O) groups is 1. The number of amides is 1. The summed E-state index contributed by atoms with van der Waals surface area (Å²) in [7, 11) is 0. The lowest BCUT2D eigenvalue weighted by Crippen LogP contribution is -2.44. The molecule has 2 aliphatic heterocycles. The van der Waals surface area contributed by atoms with Gasteiger partial charge >= 0.3 is 0 Å². The first-order chi connectivity index (χ1) is 7.72. The molecule has 2 aliphatic rings. The quantitative estimate of drug-likeness (QED) is 0.713. The van der Waals surface area contributed by atoms with E-state index in [1.165, 1.54) is 0 Å². The smallest absolute Gasteiger partial charge is 0.241 e. The summed E-state index contributed by atoms with van der Waals surface area (Å²) < 4.78 is 0. The molecule has 0 aromatic carbocycles. The number of pyridine rings is 1. The molecule has 0 unspecified atom stereocenters. The summed E-state index contributed by atoms with van der Waals surface area (Å²) in [5, 5.41) is 6.09. The van der Waals surface area contributed by atoms with Crippen molar-refractivity contribution in [2.75, 3.05) is 18.4 Å². The second-order valence-corrected chi connectivity index (χ2v) is 4.31. The highest BCUT2D eigenvalue weighted by Crippen LogP contribution is 2.38. The third kappa shape index (κ3) is 2.00. The number of anilines is 1. The molecular formula is C12H15Cl2N3O. The molecular weight excluding hydrogens is 273 g/mol. The Morgan fingerprint density at radius 1 is 1.33 bits per heavy atom. The molecule has 0 radical (unpaired) electrons. The van der Waals surface area contributed by atoms with Gasteiger partial charge in [0.2, 0.25) is 5.91 Å². The lowest BCUT2D eigenvalue weighted by atomic mass is 9.80. The van der Waals surface area contributed by atoms with Crippen LogP contribution >= 0.6 is 24.8 Å². The Kier molecular flexibility index (Phi) is 4.37. The van der Waals surface area contributed by atoms with Crippen LogP contribution in [0.5, 0.6) is 0 Å². The predicted octanol–water partition coefficient (Wildman–Crippen LogP) is 1.58. The summed E-state index contributed by atoms with van der Waals surface area (Å²) in [4.78, 5) is 16.4. The van der Waals surface area contributed by atoms with Gasteiger partial charge in [-0.3, -0.25) is 4.79 Å². The number of nitrogens with zero attached hydrogens (tertiary/aromatic N) is 1. The average Bonchev–Trinajstić information content (AvgIpc) is 2.53. The number of nitrogens with one attached hydrogen (secondary N) is 2. The number of carbonyl (C=O) groups excluding carboxylic acids is 1. The zero-order valence-corrected chi connectivity index (χ0v) is 11.5. The number of rotatable bonds is 0.